The van der Waals surface area contributed by atoms with E-state index in [2.05, 4.69) is 10.4 Å². The van der Waals surface area contributed by atoms with Gasteiger partial charge in [-0.05, 0) is 0 Å². The molecule has 1 aromatic heterocycles. The van der Waals surface area contributed by atoms with E-state index >= 15 is 0 Å². The first-order valence-corrected chi connectivity index (χ1v) is 5.24. The molecule has 1 aromatic rings. The second-order valence-corrected chi connectivity index (χ2v) is 3.84. The maximum Gasteiger partial charge on any atom is 0.347 e. The molecule has 0 radical (unpaired) electrons. The number of nitrogens with zero attached hydrogens (tertiary/aromatic N) is 1. The van der Waals surface area contributed by atoms with Gasteiger partial charge in [0.1, 0.15) is 18.3 Å². The molecule has 1 saturated heterocycles. The third-order valence-corrected chi connectivity index (χ3v) is 2.65. The van der Waals surface area contributed by atoms with Crippen LogP contribution in [0.2, 0.25) is 0 Å². The lowest BCUT2D eigenvalue weighted by atomic mass is 10.1. The average Bonchev–Trinajstić information content (AvgIpc) is 2.61. The topological polar surface area (TPSA) is 137 Å². The van der Waals surface area contributed by atoms with Gasteiger partial charge in [-0.2, -0.15) is 4.68 Å². The number of aromatic amines is 1. The van der Waals surface area contributed by atoms with Gasteiger partial charge in [-0.1, -0.05) is 0 Å². The van der Waals surface area contributed by atoms with E-state index in [0.29, 0.717) is 4.68 Å². The Labute approximate surface area is 100 Å². The summed E-state index contributed by atoms with van der Waals surface area (Å²) in [5.41, 5.74) is 0.961. The van der Waals surface area contributed by atoms with Crippen molar-refractivity contribution in [2.45, 2.75) is 24.5 Å². The summed E-state index contributed by atoms with van der Waals surface area (Å²) in [5.74, 6) is 0. The molecule has 4 atom stereocenters. The minimum absolute atomic E-state index is 0.490. The number of rotatable bonds is 3. The first kappa shape index (κ1) is 12.8. The van der Waals surface area contributed by atoms with Gasteiger partial charge in [0, 0.05) is 12.3 Å². The van der Waals surface area contributed by atoms with Gasteiger partial charge in [0.05, 0.1) is 6.61 Å². The molecule has 0 amide bonds. The zero-order chi connectivity index (χ0) is 13.3. The van der Waals surface area contributed by atoms with Gasteiger partial charge >= 0.3 is 5.69 Å². The molecule has 1 aliphatic heterocycles. The minimum atomic E-state index is -1.37. The Kier molecular flexibility index (Phi) is 3.48. The number of aromatic nitrogens is 2. The van der Waals surface area contributed by atoms with E-state index in [9.17, 15) is 19.8 Å². The number of aliphatic hydroxyl groups is 3. The Morgan fingerprint density at radius 3 is 2.67 bits per heavy atom. The van der Waals surface area contributed by atoms with E-state index in [1.54, 1.807) is 0 Å². The van der Waals surface area contributed by atoms with Gasteiger partial charge in [-0.25, -0.2) is 4.79 Å². The smallest absolute Gasteiger partial charge is 0.347 e. The highest BCUT2D eigenvalue weighted by molar-refractivity contribution is 4.96. The highest BCUT2D eigenvalue weighted by atomic mass is 16.6. The summed E-state index contributed by atoms with van der Waals surface area (Å²) in [6.45, 7) is -0.490. The Morgan fingerprint density at radius 2 is 2.11 bits per heavy atom. The van der Waals surface area contributed by atoms with Crippen LogP contribution in [0.25, 0.3) is 0 Å². The van der Waals surface area contributed by atoms with Gasteiger partial charge in [0.2, 0.25) is 0 Å². The van der Waals surface area contributed by atoms with Crippen LogP contribution in [0.5, 0.6) is 0 Å². The molecule has 1 unspecified atom stereocenters. The SMILES string of the molecule is O=c1cc[nH]c(=O)n1NC1O[C@H](CO)[C@@H](O)[C@H]1O. The lowest BCUT2D eigenvalue weighted by molar-refractivity contribution is -0.0180. The van der Waals surface area contributed by atoms with Crippen LogP contribution in [0.3, 0.4) is 0 Å². The van der Waals surface area contributed by atoms with E-state index in [0.717, 1.165) is 6.07 Å². The second-order valence-electron chi connectivity index (χ2n) is 3.84. The molecule has 0 aromatic carbocycles. The van der Waals surface area contributed by atoms with Gasteiger partial charge in [-0.15, -0.1) is 0 Å². The third-order valence-electron chi connectivity index (χ3n) is 2.65. The molecule has 1 aliphatic rings. The van der Waals surface area contributed by atoms with Gasteiger partial charge < -0.3 is 25.0 Å². The van der Waals surface area contributed by atoms with Crippen LogP contribution < -0.4 is 16.7 Å². The summed E-state index contributed by atoms with van der Waals surface area (Å²) >= 11 is 0. The molecule has 18 heavy (non-hydrogen) atoms. The summed E-state index contributed by atoms with van der Waals surface area (Å²) in [6.07, 6.45) is -3.63. The van der Waals surface area contributed by atoms with Crippen molar-refractivity contribution in [1.29, 1.82) is 0 Å². The molecule has 5 N–H and O–H groups in total. The normalized spacial score (nSPS) is 31.5. The lowest BCUT2D eigenvalue weighted by Gasteiger charge is -2.17. The molecular formula is C9H13N3O6. The lowest BCUT2D eigenvalue weighted by Crippen LogP contribution is -2.48. The number of H-pyrrole nitrogens is 1. The number of aliphatic hydroxyl groups excluding tert-OH is 3. The van der Waals surface area contributed by atoms with Crippen molar-refractivity contribution < 1.29 is 20.1 Å². The molecule has 100 valence electrons. The Balaban J connectivity index is 2.21. The molecule has 9 heteroatoms. The highest BCUT2D eigenvalue weighted by Gasteiger charge is 2.42. The molecule has 9 nitrogen and oxygen atoms in total. The standard InChI is InChI=1S/C9H13N3O6/c13-3-4-6(15)7(16)8(18-4)11-12-5(14)1-2-10-9(12)17/h1-2,4,6-8,11,13,15-16H,3H2,(H,10,17)/t4-,6-,7-,8?/m1/s1. The van der Waals surface area contributed by atoms with Crippen molar-refractivity contribution in [3.05, 3.63) is 33.1 Å². The van der Waals surface area contributed by atoms with Crippen LogP contribution >= 0.6 is 0 Å². The number of hydrogen-bond acceptors (Lipinski definition) is 7. The molecule has 1 fully saturated rings. The Hall–Kier alpha value is -1.68. The summed E-state index contributed by atoms with van der Waals surface area (Å²) in [5, 5.41) is 28.0. The van der Waals surface area contributed by atoms with Crippen molar-refractivity contribution in [3.8, 4) is 0 Å². The largest absolute Gasteiger partial charge is 0.394 e. The second kappa shape index (κ2) is 4.90. The van der Waals surface area contributed by atoms with Crippen LogP contribution in [-0.2, 0) is 4.74 Å². The van der Waals surface area contributed by atoms with Crippen LogP contribution in [0.15, 0.2) is 21.9 Å². The van der Waals surface area contributed by atoms with Crippen molar-refractivity contribution in [1.82, 2.24) is 9.66 Å². The monoisotopic (exact) mass is 259 g/mol. The number of hydrogen-bond donors (Lipinski definition) is 5. The molecule has 0 saturated carbocycles. The summed E-state index contributed by atoms with van der Waals surface area (Å²) in [7, 11) is 0. The molecule has 0 spiro atoms. The van der Waals surface area contributed by atoms with Crippen molar-refractivity contribution >= 4 is 0 Å². The van der Waals surface area contributed by atoms with Crippen LogP contribution in [0.1, 0.15) is 0 Å². The number of ether oxygens (including phenoxy) is 1. The van der Waals surface area contributed by atoms with Gasteiger partial charge in [-0.3, -0.25) is 10.2 Å². The predicted molar refractivity (Wildman–Crippen MR) is 58.4 cm³/mol. The quantitative estimate of drug-likeness (QED) is 0.380. The Bertz CT molecular complexity index is 497. The van der Waals surface area contributed by atoms with Crippen LogP contribution in [0, 0.1) is 0 Å². The number of nitrogens with one attached hydrogen (secondary N) is 2. The summed E-state index contributed by atoms with van der Waals surface area (Å²) in [4.78, 5) is 25.0. The maximum absolute atomic E-state index is 11.4. The zero-order valence-corrected chi connectivity index (χ0v) is 9.18. The molecule has 0 aliphatic carbocycles. The first-order chi connectivity index (χ1) is 8.54. The third kappa shape index (κ3) is 2.16. The van der Waals surface area contributed by atoms with Crippen LogP contribution in [-0.4, -0.2) is 56.1 Å². The van der Waals surface area contributed by atoms with Gasteiger partial charge in [0.25, 0.3) is 5.56 Å². The minimum Gasteiger partial charge on any atom is -0.394 e. The fraction of sp³-hybridized carbons (Fsp3) is 0.556. The van der Waals surface area contributed by atoms with E-state index in [4.69, 9.17) is 9.84 Å². The van der Waals surface area contributed by atoms with E-state index < -0.39 is 42.4 Å². The maximum atomic E-state index is 11.4. The summed E-state index contributed by atoms with van der Waals surface area (Å²) in [6, 6.07) is 1.11. The Morgan fingerprint density at radius 1 is 1.39 bits per heavy atom. The van der Waals surface area contributed by atoms with Gasteiger partial charge in [0.15, 0.2) is 6.23 Å². The summed E-state index contributed by atoms with van der Waals surface area (Å²) < 4.78 is 5.69. The molecule has 2 rings (SSSR count). The first-order valence-electron chi connectivity index (χ1n) is 5.24. The van der Waals surface area contributed by atoms with E-state index in [1.807, 2.05) is 0 Å². The average molecular weight is 259 g/mol. The van der Waals surface area contributed by atoms with Crippen molar-refractivity contribution in [2.24, 2.45) is 0 Å². The fourth-order valence-electron chi connectivity index (χ4n) is 1.68. The van der Waals surface area contributed by atoms with Crippen molar-refractivity contribution in [3.63, 3.8) is 0 Å². The fourth-order valence-corrected chi connectivity index (χ4v) is 1.68. The molecule has 0 bridgehead atoms. The zero-order valence-electron chi connectivity index (χ0n) is 9.18. The predicted octanol–water partition coefficient (Wildman–Crippen LogP) is -3.48. The molecule has 2 heterocycles. The highest BCUT2D eigenvalue weighted by Crippen LogP contribution is 2.19. The van der Waals surface area contributed by atoms with Crippen LogP contribution in [0.4, 0.5) is 0 Å². The molecular weight excluding hydrogens is 246 g/mol. The van der Waals surface area contributed by atoms with E-state index in [-0.39, 0.29) is 0 Å². The van der Waals surface area contributed by atoms with Crippen molar-refractivity contribution in [2.75, 3.05) is 12.0 Å². The van der Waals surface area contributed by atoms with E-state index in [1.165, 1.54) is 6.20 Å².